The van der Waals surface area contributed by atoms with E-state index in [2.05, 4.69) is 15.3 Å². The second-order valence-corrected chi connectivity index (χ2v) is 4.55. The molecule has 0 saturated carbocycles. The van der Waals surface area contributed by atoms with Crippen molar-refractivity contribution >= 4 is 11.9 Å². The summed E-state index contributed by atoms with van der Waals surface area (Å²) >= 11 is 0. The van der Waals surface area contributed by atoms with Gasteiger partial charge in [-0.2, -0.15) is 0 Å². The molecular formula is C15H17N3O2. The molecule has 0 radical (unpaired) electrons. The number of nitrogens with one attached hydrogen (secondary N) is 1. The second kappa shape index (κ2) is 6.14. The quantitative estimate of drug-likeness (QED) is 0.926. The van der Waals surface area contributed by atoms with Gasteiger partial charge in [0.05, 0.1) is 13.5 Å². The Morgan fingerprint density at radius 2 is 1.90 bits per heavy atom. The summed E-state index contributed by atoms with van der Waals surface area (Å²) in [6.45, 7) is 3.92. The number of aromatic nitrogens is 2. The first-order valence-electron chi connectivity index (χ1n) is 6.31. The standard InChI is InChI=1S/C15H17N3O2/c1-10-8-13(20-3)11(2)7-12(10)9-14(19)18-15-16-5-4-6-17-15/h4-8H,9H2,1-3H3,(H,16,17,18,19). The maximum absolute atomic E-state index is 12.0. The third-order valence-corrected chi connectivity index (χ3v) is 3.02. The molecule has 1 N–H and O–H groups in total. The van der Waals surface area contributed by atoms with E-state index in [0.29, 0.717) is 5.95 Å². The summed E-state index contributed by atoms with van der Waals surface area (Å²) in [6.07, 6.45) is 3.46. The Balaban J connectivity index is 2.10. The van der Waals surface area contributed by atoms with E-state index in [1.807, 2.05) is 26.0 Å². The van der Waals surface area contributed by atoms with Crippen molar-refractivity contribution in [1.29, 1.82) is 0 Å². The Morgan fingerprint density at radius 3 is 2.55 bits per heavy atom. The topological polar surface area (TPSA) is 64.1 Å². The van der Waals surface area contributed by atoms with E-state index >= 15 is 0 Å². The van der Waals surface area contributed by atoms with Gasteiger partial charge >= 0.3 is 0 Å². The molecule has 1 heterocycles. The summed E-state index contributed by atoms with van der Waals surface area (Å²) < 4.78 is 5.26. The Kier molecular flexibility index (Phi) is 4.30. The van der Waals surface area contributed by atoms with Gasteiger partial charge in [-0.1, -0.05) is 6.07 Å². The molecule has 0 aliphatic rings. The number of anilines is 1. The van der Waals surface area contributed by atoms with Gasteiger partial charge in [0, 0.05) is 12.4 Å². The Bertz CT molecular complexity index is 612. The molecule has 1 amide bonds. The first-order valence-corrected chi connectivity index (χ1v) is 6.31. The number of hydrogen-bond donors (Lipinski definition) is 1. The van der Waals surface area contributed by atoms with Crippen molar-refractivity contribution in [3.05, 3.63) is 47.3 Å². The molecule has 0 saturated heterocycles. The maximum Gasteiger partial charge on any atom is 0.231 e. The number of amides is 1. The average molecular weight is 271 g/mol. The first kappa shape index (κ1) is 14.0. The van der Waals surface area contributed by atoms with Gasteiger partial charge in [0.15, 0.2) is 0 Å². The third kappa shape index (κ3) is 3.32. The lowest BCUT2D eigenvalue weighted by atomic mass is 10.0. The molecule has 5 heteroatoms. The van der Waals surface area contributed by atoms with Gasteiger partial charge in [0.1, 0.15) is 5.75 Å². The Morgan fingerprint density at radius 1 is 1.20 bits per heavy atom. The van der Waals surface area contributed by atoms with Crippen molar-refractivity contribution in [2.75, 3.05) is 12.4 Å². The van der Waals surface area contributed by atoms with Gasteiger partial charge in [-0.25, -0.2) is 9.97 Å². The van der Waals surface area contributed by atoms with Gasteiger partial charge in [-0.05, 0) is 42.7 Å². The van der Waals surface area contributed by atoms with Crippen LogP contribution in [0.4, 0.5) is 5.95 Å². The highest BCUT2D eigenvalue weighted by Gasteiger charge is 2.10. The predicted molar refractivity (Wildman–Crippen MR) is 76.8 cm³/mol. The van der Waals surface area contributed by atoms with Crippen LogP contribution in [0.3, 0.4) is 0 Å². The molecule has 2 rings (SSSR count). The molecule has 1 aromatic carbocycles. The molecule has 104 valence electrons. The van der Waals surface area contributed by atoms with Crippen LogP contribution in [0.1, 0.15) is 16.7 Å². The first-order chi connectivity index (χ1) is 9.60. The fourth-order valence-corrected chi connectivity index (χ4v) is 1.97. The molecule has 0 unspecified atom stereocenters. The van der Waals surface area contributed by atoms with Crippen molar-refractivity contribution < 1.29 is 9.53 Å². The van der Waals surface area contributed by atoms with Crippen LogP contribution in [0.5, 0.6) is 5.75 Å². The number of hydrogen-bond acceptors (Lipinski definition) is 4. The smallest absolute Gasteiger partial charge is 0.231 e. The van der Waals surface area contributed by atoms with Crippen LogP contribution in [0.15, 0.2) is 30.6 Å². The molecule has 0 fully saturated rings. The molecule has 20 heavy (non-hydrogen) atoms. The molecular weight excluding hydrogens is 254 g/mol. The highest BCUT2D eigenvalue weighted by atomic mass is 16.5. The lowest BCUT2D eigenvalue weighted by Crippen LogP contribution is -2.16. The van der Waals surface area contributed by atoms with E-state index in [1.54, 1.807) is 25.6 Å². The van der Waals surface area contributed by atoms with Crippen molar-refractivity contribution in [2.45, 2.75) is 20.3 Å². The summed E-state index contributed by atoms with van der Waals surface area (Å²) in [6, 6.07) is 5.61. The summed E-state index contributed by atoms with van der Waals surface area (Å²) in [5.41, 5.74) is 3.00. The van der Waals surface area contributed by atoms with Crippen LogP contribution >= 0.6 is 0 Å². The zero-order valence-corrected chi connectivity index (χ0v) is 11.8. The van der Waals surface area contributed by atoms with E-state index in [0.717, 1.165) is 22.4 Å². The lowest BCUT2D eigenvalue weighted by molar-refractivity contribution is -0.115. The van der Waals surface area contributed by atoms with E-state index in [4.69, 9.17) is 4.74 Å². The van der Waals surface area contributed by atoms with Gasteiger partial charge in [0.2, 0.25) is 11.9 Å². The minimum absolute atomic E-state index is 0.135. The van der Waals surface area contributed by atoms with Gasteiger partial charge < -0.3 is 4.74 Å². The SMILES string of the molecule is COc1cc(C)c(CC(=O)Nc2ncccn2)cc1C. The number of rotatable bonds is 4. The van der Waals surface area contributed by atoms with E-state index < -0.39 is 0 Å². The molecule has 2 aromatic rings. The minimum Gasteiger partial charge on any atom is -0.496 e. The predicted octanol–water partition coefficient (Wildman–Crippen LogP) is 2.28. The van der Waals surface area contributed by atoms with E-state index in [1.165, 1.54) is 0 Å². The fraction of sp³-hybridized carbons (Fsp3) is 0.267. The van der Waals surface area contributed by atoms with E-state index in [9.17, 15) is 4.79 Å². The average Bonchev–Trinajstić information content (AvgIpc) is 2.43. The number of benzene rings is 1. The van der Waals surface area contributed by atoms with Crippen LogP contribution in [-0.4, -0.2) is 23.0 Å². The molecule has 1 aromatic heterocycles. The summed E-state index contributed by atoms with van der Waals surface area (Å²) in [4.78, 5) is 19.9. The molecule has 0 aliphatic heterocycles. The Labute approximate surface area is 118 Å². The third-order valence-electron chi connectivity index (χ3n) is 3.02. The van der Waals surface area contributed by atoms with E-state index in [-0.39, 0.29) is 12.3 Å². The number of carbonyl (C=O) groups is 1. The largest absolute Gasteiger partial charge is 0.496 e. The number of methoxy groups -OCH3 is 1. The summed E-state index contributed by atoms with van der Waals surface area (Å²) in [5, 5.41) is 2.67. The van der Waals surface area contributed by atoms with Crippen molar-refractivity contribution in [1.82, 2.24) is 9.97 Å². The van der Waals surface area contributed by atoms with Crippen LogP contribution < -0.4 is 10.1 Å². The number of ether oxygens (including phenoxy) is 1. The van der Waals surface area contributed by atoms with Gasteiger partial charge in [-0.15, -0.1) is 0 Å². The zero-order valence-electron chi connectivity index (χ0n) is 11.8. The Hall–Kier alpha value is -2.43. The molecule has 5 nitrogen and oxygen atoms in total. The monoisotopic (exact) mass is 271 g/mol. The normalized spacial score (nSPS) is 10.2. The number of nitrogens with zero attached hydrogens (tertiary/aromatic N) is 2. The number of carbonyl (C=O) groups excluding carboxylic acids is 1. The highest BCUT2D eigenvalue weighted by molar-refractivity contribution is 5.90. The fourth-order valence-electron chi connectivity index (χ4n) is 1.97. The van der Waals surface area contributed by atoms with Gasteiger partial charge in [-0.3, -0.25) is 10.1 Å². The molecule has 0 aliphatic carbocycles. The van der Waals surface area contributed by atoms with Crippen LogP contribution in [0, 0.1) is 13.8 Å². The summed E-state index contributed by atoms with van der Waals surface area (Å²) in [5.74, 6) is 1.02. The number of aryl methyl sites for hydroxylation is 2. The maximum atomic E-state index is 12.0. The second-order valence-electron chi connectivity index (χ2n) is 4.55. The van der Waals surface area contributed by atoms with Crippen LogP contribution in [-0.2, 0) is 11.2 Å². The van der Waals surface area contributed by atoms with Crippen molar-refractivity contribution in [3.8, 4) is 5.75 Å². The molecule has 0 spiro atoms. The van der Waals surface area contributed by atoms with Crippen LogP contribution in [0.2, 0.25) is 0 Å². The molecule has 0 atom stereocenters. The van der Waals surface area contributed by atoms with Crippen molar-refractivity contribution in [2.24, 2.45) is 0 Å². The minimum atomic E-state index is -0.135. The molecule has 0 bridgehead atoms. The highest BCUT2D eigenvalue weighted by Crippen LogP contribution is 2.22. The van der Waals surface area contributed by atoms with Gasteiger partial charge in [0.25, 0.3) is 0 Å². The lowest BCUT2D eigenvalue weighted by Gasteiger charge is -2.11. The summed E-state index contributed by atoms with van der Waals surface area (Å²) in [7, 11) is 1.64. The zero-order chi connectivity index (χ0) is 14.5. The van der Waals surface area contributed by atoms with Crippen LogP contribution in [0.25, 0.3) is 0 Å². The van der Waals surface area contributed by atoms with Crippen molar-refractivity contribution in [3.63, 3.8) is 0 Å².